The summed E-state index contributed by atoms with van der Waals surface area (Å²) in [6, 6.07) is 0. The highest BCUT2D eigenvalue weighted by atomic mass is 127. The van der Waals surface area contributed by atoms with Crippen molar-refractivity contribution in [3.05, 3.63) is 0 Å². The van der Waals surface area contributed by atoms with Crippen LogP contribution >= 0.6 is 45.2 Å². The monoisotopic (exact) mass is 456 g/mol. The highest BCUT2D eigenvalue weighted by molar-refractivity contribution is 14.2. The molecule has 0 aliphatic rings. The molecule has 5 nitrogen and oxygen atoms in total. The molecule has 0 bridgehead atoms. The summed E-state index contributed by atoms with van der Waals surface area (Å²) in [6.07, 6.45) is -0.565. The van der Waals surface area contributed by atoms with Crippen LogP contribution < -0.4 is 0 Å². The molecule has 94 valence electrons. The zero-order chi connectivity index (χ0) is 12.8. The summed E-state index contributed by atoms with van der Waals surface area (Å²) < 4.78 is 14.8. The quantitative estimate of drug-likeness (QED) is 0.348. The number of carbonyl (C=O) groups excluding carboxylic acids is 2. The predicted octanol–water partition coefficient (Wildman–Crippen LogP) is 2.04. The third-order valence-electron chi connectivity index (χ3n) is 1.33. The zero-order valence-electron chi connectivity index (χ0n) is 9.29. The Kier molecular flexibility index (Phi) is 7.81. The lowest BCUT2D eigenvalue weighted by Gasteiger charge is -2.21. The van der Waals surface area contributed by atoms with E-state index in [2.05, 4.69) is 45.2 Å². The van der Waals surface area contributed by atoms with Crippen molar-refractivity contribution in [1.82, 2.24) is 0 Å². The second-order valence-electron chi connectivity index (χ2n) is 3.15. The molecule has 0 fully saturated rings. The highest BCUT2D eigenvalue weighted by Crippen LogP contribution is 2.28. The van der Waals surface area contributed by atoms with Crippen LogP contribution in [0.3, 0.4) is 0 Å². The molecule has 0 aliphatic heterocycles. The first kappa shape index (κ1) is 16.4. The molecule has 1 unspecified atom stereocenters. The summed E-state index contributed by atoms with van der Waals surface area (Å²) in [5.41, 5.74) is 0. The number of carbonyl (C=O) groups is 2. The number of alkyl halides is 2. The van der Waals surface area contributed by atoms with E-state index in [4.69, 9.17) is 14.2 Å². The van der Waals surface area contributed by atoms with Gasteiger partial charge in [-0.05, 0) is 52.1 Å². The minimum absolute atomic E-state index is 0.0122. The zero-order valence-corrected chi connectivity index (χ0v) is 13.6. The number of hydrogen-bond donors (Lipinski definition) is 0. The van der Waals surface area contributed by atoms with Crippen molar-refractivity contribution < 1.29 is 23.8 Å². The smallest absolute Gasteiger partial charge is 0.303 e. The van der Waals surface area contributed by atoms with Gasteiger partial charge in [-0.2, -0.15) is 0 Å². The molecule has 0 N–H and O–H groups in total. The number of hydrogen-bond acceptors (Lipinski definition) is 5. The van der Waals surface area contributed by atoms with E-state index in [0.717, 1.165) is 0 Å². The van der Waals surface area contributed by atoms with Crippen LogP contribution in [0.15, 0.2) is 0 Å². The van der Waals surface area contributed by atoms with Gasteiger partial charge in [-0.1, -0.05) is 0 Å². The van der Waals surface area contributed by atoms with Crippen molar-refractivity contribution in [2.45, 2.75) is 28.5 Å². The Labute approximate surface area is 122 Å². The molecule has 0 saturated carbocycles. The Morgan fingerprint density at radius 1 is 1.19 bits per heavy atom. The number of ether oxygens (including phenoxy) is 3. The van der Waals surface area contributed by atoms with E-state index in [1.807, 2.05) is 6.92 Å². The van der Waals surface area contributed by atoms with Crippen LogP contribution in [0.25, 0.3) is 0 Å². The fourth-order valence-electron chi connectivity index (χ4n) is 0.800. The summed E-state index contributed by atoms with van der Waals surface area (Å²) in [7, 11) is 0. The summed E-state index contributed by atoms with van der Waals surface area (Å²) in [5, 5.41) is 0. The van der Waals surface area contributed by atoms with Crippen molar-refractivity contribution in [1.29, 1.82) is 0 Å². The molecule has 16 heavy (non-hydrogen) atoms. The third kappa shape index (κ3) is 10.9. The molecule has 0 spiro atoms. The average Bonchev–Trinajstić information content (AvgIpc) is 2.07. The van der Waals surface area contributed by atoms with Crippen molar-refractivity contribution >= 4 is 57.1 Å². The van der Waals surface area contributed by atoms with E-state index in [0.29, 0.717) is 0 Å². The van der Waals surface area contributed by atoms with Crippen LogP contribution in [0, 0.1) is 0 Å². The van der Waals surface area contributed by atoms with Gasteiger partial charge in [0.25, 0.3) is 0 Å². The molecular weight excluding hydrogens is 442 g/mol. The number of esters is 2. The molecule has 0 aliphatic carbocycles. The van der Waals surface area contributed by atoms with Gasteiger partial charge >= 0.3 is 11.9 Å². The normalized spacial score (nSPS) is 13.1. The van der Waals surface area contributed by atoms with Crippen molar-refractivity contribution in [3.8, 4) is 0 Å². The van der Waals surface area contributed by atoms with Gasteiger partial charge < -0.3 is 14.2 Å². The Bertz CT molecular complexity index is 249. The van der Waals surface area contributed by atoms with Gasteiger partial charge in [-0.25, -0.2) is 0 Å². The molecule has 7 heteroatoms. The Balaban J connectivity index is 4.10. The lowest BCUT2D eigenvalue weighted by molar-refractivity contribution is -0.160. The first-order valence-corrected chi connectivity index (χ1v) is 6.69. The second kappa shape index (κ2) is 7.64. The lowest BCUT2D eigenvalue weighted by Crippen LogP contribution is -2.31. The predicted molar refractivity (Wildman–Crippen MR) is 74.6 cm³/mol. The molecule has 0 aromatic carbocycles. The van der Waals surface area contributed by atoms with Crippen LogP contribution in [0.4, 0.5) is 0 Å². The Hall–Kier alpha value is 0.360. The molecule has 0 saturated heterocycles. The summed E-state index contributed by atoms with van der Waals surface area (Å²) in [5.74, 6) is -0.840. The first-order valence-electron chi connectivity index (χ1n) is 4.53. The van der Waals surface area contributed by atoms with Crippen LogP contribution in [-0.4, -0.2) is 32.9 Å². The maximum absolute atomic E-state index is 10.8. The molecule has 0 heterocycles. The molecular formula is C9H14I2O5. The van der Waals surface area contributed by atoms with Crippen LogP contribution in [0.2, 0.25) is 0 Å². The van der Waals surface area contributed by atoms with E-state index in [1.165, 1.54) is 13.8 Å². The van der Waals surface area contributed by atoms with E-state index < -0.39 is 18.0 Å². The minimum Gasteiger partial charge on any atom is -0.462 e. The standard InChI is InChI=1S/C9H14I2O5/c1-6(12)14-4-8(16-7(2)13)5-15-9(3,10)11/h8H,4-5H2,1-3H3. The summed E-state index contributed by atoms with van der Waals surface area (Å²) in [4.78, 5) is 21.4. The molecule has 0 aromatic rings. The Morgan fingerprint density at radius 2 is 1.75 bits per heavy atom. The Morgan fingerprint density at radius 3 is 2.12 bits per heavy atom. The maximum Gasteiger partial charge on any atom is 0.303 e. The topological polar surface area (TPSA) is 61.8 Å². The van der Waals surface area contributed by atoms with E-state index >= 15 is 0 Å². The largest absolute Gasteiger partial charge is 0.462 e. The van der Waals surface area contributed by atoms with E-state index in [9.17, 15) is 9.59 Å². The molecule has 0 aromatic heterocycles. The van der Waals surface area contributed by atoms with Crippen LogP contribution in [-0.2, 0) is 23.8 Å². The SMILES string of the molecule is CC(=O)OCC(COC(C)(I)I)OC(C)=O. The van der Waals surface area contributed by atoms with Crippen LogP contribution in [0.5, 0.6) is 0 Å². The van der Waals surface area contributed by atoms with Gasteiger partial charge in [0.1, 0.15) is 6.61 Å². The summed E-state index contributed by atoms with van der Waals surface area (Å²) in [6.45, 7) is 4.67. The maximum atomic E-state index is 10.8. The molecule has 1 atom stereocenters. The third-order valence-corrected chi connectivity index (χ3v) is 1.95. The van der Waals surface area contributed by atoms with Crippen molar-refractivity contribution in [2.75, 3.05) is 13.2 Å². The van der Waals surface area contributed by atoms with E-state index in [1.54, 1.807) is 0 Å². The second-order valence-corrected chi connectivity index (χ2v) is 9.33. The summed E-state index contributed by atoms with van der Waals surface area (Å²) >= 11 is 4.20. The fourth-order valence-corrected chi connectivity index (χ4v) is 1.16. The highest BCUT2D eigenvalue weighted by Gasteiger charge is 2.21. The van der Waals surface area contributed by atoms with Gasteiger partial charge in [0.05, 0.1) is 6.61 Å². The van der Waals surface area contributed by atoms with Gasteiger partial charge in [-0.15, -0.1) is 0 Å². The first-order chi connectivity index (χ1) is 7.20. The van der Waals surface area contributed by atoms with Crippen LogP contribution in [0.1, 0.15) is 20.8 Å². The fraction of sp³-hybridized carbons (Fsp3) is 0.778. The van der Waals surface area contributed by atoms with Gasteiger partial charge in [-0.3, -0.25) is 9.59 Å². The van der Waals surface area contributed by atoms with E-state index in [-0.39, 0.29) is 14.8 Å². The molecule has 0 radical (unpaired) electrons. The van der Waals surface area contributed by atoms with Gasteiger partial charge in [0.2, 0.25) is 0 Å². The van der Waals surface area contributed by atoms with Crippen molar-refractivity contribution in [3.63, 3.8) is 0 Å². The number of halogens is 2. The average molecular weight is 456 g/mol. The van der Waals surface area contributed by atoms with Gasteiger partial charge in [0, 0.05) is 13.8 Å². The number of rotatable bonds is 6. The van der Waals surface area contributed by atoms with Gasteiger partial charge in [0.15, 0.2) is 7.72 Å². The molecule has 0 amide bonds. The lowest BCUT2D eigenvalue weighted by atomic mass is 10.4. The minimum atomic E-state index is -0.565. The molecule has 0 rings (SSSR count). The van der Waals surface area contributed by atoms with Crippen molar-refractivity contribution in [2.24, 2.45) is 0 Å².